The van der Waals surface area contributed by atoms with E-state index in [0.29, 0.717) is 5.69 Å². The van der Waals surface area contributed by atoms with Crippen molar-refractivity contribution in [3.05, 3.63) is 71.4 Å². The SMILES string of the molecule is Cc1cc(NC(=O)c2cccc(S(=O)(=O)NC(C)C)c2)n(-c2ccccc2C(F)(F)F)n1. The Balaban J connectivity index is 1.96. The molecule has 1 amide bonds. The van der Waals surface area contributed by atoms with Crippen LogP contribution in [-0.2, 0) is 16.2 Å². The quantitative estimate of drug-likeness (QED) is 0.571. The molecule has 0 spiro atoms. The number of rotatable bonds is 6. The van der Waals surface area contributed by atoms with Crippen LogP contribution in [0.5, 0.6) is 0 Å². The Kier molecular flexibility index (Phi) is 6.42. The van der Waals surface area contributed by atoms with E-state index in [-0.39, 0.29) is 28.0 Å². The Labute approximate surface area is 183 Å². The molecule has 0 bridgehead atoms. The number of nitrogens with one attached hydrogen (secondary N) is 2. The molecule has 32 heavy (non-hydrogen) atoms. The fourth-order valence-corrected chi connectivity index (χ4v) is 4.34. The van der Waals surface area contributed by atoms with Crippen molar-refractivity contribution >= 4 is 21.7 Å². The molecule has 2 N–H and O–H groups in total. The standard InChI is InChI=1S/C21H21F3N4O3S/c1-13(2)27-32(30,31)16-8-6-7-15(12-16)20(29)25-19-11-14(3)26-28(19)18-10-5-4-9-17(18)21(22,23)24/h4-13,27H,1-3H3,(H,25,29). The normalized spacial score (nSPS) is 12.2. The summed E-state index contributed by atoms with van der Waals surface area (Å²) >= 11 is 0. The first kappa shape index (κ1) is 23.5. The van der Waals surface area contributed by atoms with Crippen molar-refractivity contribution in [2.45, 2.75) is 37.9 Å². The van der Waals surface area contributed by atoms with Crippen molar-refractivity contribution in [2.75, 3.05) is 5.32 Å². The van der Waals surface area contributed by atoms with Gasteiger partial charge in [-0.2, -0.15) is 18.3 Å². The fourth-order valence-electron chi connectivity index (χ4n) is 3.04. The molecule has 7 nitrogen and oxygen atoms in total. The average Bonchev–Trinajstić information content (AvgIpc) is 3.06. The zero-order valence-electron chi connectivity index (χ0n) is 17.4. The van der Waals surface area contributed by atoms with Gasteiger partial charge in [0.15, 0.2) is 0 Å². The molecule has 0 aliphatic rings. The Bertz CT molecular complexity index is 1250. The van der Waals surface area contributed by atoms with Crippen LogP contribution in [0.15, 0.2) is 59.5 Å². The molecule has 0 unspecified atom stereocenters. The van der Waals surface area contributed by atoms with Gasteiger partial charge in [0.05, 0.1) is 21.8 Å². The zero-order chi connectivity index (χ0) is 23.7. The predicted molar refractivity (Wildman–Crippen MR) is 113 cm³/mol. The third-order valence-corrected chi connectivity index (χ3v) is 5.96. The van der Waals surface area contributed by atoms with E-state index in [1.807, 2.05) is 0 Å². The summed E-state index contributed by atoms with van der Waals surface area (Å²) in [6, 6.07) is 11.3. The van der Waals surface area contributed by atoms with Crippen molar-refractivity contribution in [1.82, 2.24) is 14.5 Å². The Hall–Kier alpha value is -3.18. The Morgan fingerprint density at radius 1 is 1.06 bits per heavy atom. The van der Waals surface area contributed by atoms with Gasteiger partial charge in [0.2, 0.25) is 10.0 Å². The number of halogens is 3. The molecule has 0 fully saturated rings. The molecule has 0 atom stereocenters. The van der Waals surface area contributed by atoms with Gasteiger partial charge in [-0.25, -0.2) is 17.8 Å². The van der Waals surface area contributed by atoms with Crippen molar-refractivity contribution in [2.24, 2.45) is 0 Å². The highest BCUT2D eigenvalue weighted by Gasteiger charge is 2.34. The second-order valence-corrected chi connectivity index (χ2v) is 9.07. The molecule has 0 saturated carbocycles. The smallest absolute Gasteiger partial charge is 0.306 e. The summed E-state index contributed by atoms with van der Waals surface area (Å²) in [5.41, 5.74) is -0.756. The minimum absolute atomic E-state index is 0.0118. The molecule has 0 radical (unpaired) electrons. The van der Waals surface area contributed by atoms with E-state index in [2.05, 4.69) is 15.1 Å². The Morgan fingerprint density at radius 3 is 2.41 bits per heavy atom. The molecular formula is C21H21F3N4O3S. The van der Waals surface area contributed by atoms with E-state index in [0.717, 1.165) is 10.7 Å². The van der Waals surface area contributed by atoms with Gasteiger partial charge in [0.1, 0.15) is 5.82 Å². The lowest BCUT2D eigenvalue weighted by Crippen LogP contribution is -2.30. The molecule has 0 aliphatic carbocycles. The lowest BCUT2D eigenvalue weighted by atomic mass is 10.1. The maximum absolute atomic E-state index is 13.5. The van der Waals surface area contributed by atoms with Gasteiger partial charge >= 0.3 is 6.18 Å². The number of anilines is 1. The maximum atomic E-state index is 13.5. The average molecular weight is 466 g/mol. The number of para-hydroxylation sites is 1. The third-order valence-electron chi connectivity index (χ3n) is 4.31. The van der Waals surface area contributed by atoms with Crippen molar-refractivity contribution in [3.63, 3.8) is 0 Å². The highest BCUT2D eigenvalue weighted by molar-refractivity contribution is 7.89. The Morgan fingerprint density at radius 2 is 1.75 bits per heavy atom. The molecule has 2 aromatic carbocycles. The van der Waals surface area contributed by atoms with Crippen molar-refractivity contribution < 1.29 is 26.4 Å². The van der Waals surface area contributed by atoms with Crippen LogP contribution < -0.4 is 10.0 Å². The molecule has 11 heteroatoms. The van der Waals surface area contributed by atoms with Gasteiger partial charge in [-0.3, -0.25) is 4.79 Å². The second kappa shape index (κ2) is 8.75. The summed E-state index contributed by atoms with van der Waals surface area (Å²) in [4.78, 5) is 12.7. The number of hydrogen-bond acceptors (Lipinski definition) is 4. The van der Waals surface area contributed by atoms with Crippen LogP contribution in [0.1, 0.15) is 35.5 Å². The van der Waals surface area contributed by atoms with Crippen LogP contribution in [0.25, 0.3) is 5.69 Å². The summed E-state index contributed by atoms with van der Waals surface area (Å²) < 4.78 is 68.6. The third kappa shape index (κ3) is 5.17. The van der Waals surface area contributed by atoms with E-state index < -0.39 is 27.7 Å². The summed E-state index contributed by atoms with van der Waals surface area (Å²) in [6.07, 6.45) is -4.62. The first-order chi connectivity index (χ1) is 14.9. The monoisotopic (exact) mass is 466 g/mol. The number of amides is 1. The molecular weight excluding hydrogens is 445 g/mol. The molecule has 3 rings (SSSR count). The van der Waals surface area contributed by atoms with Crippen LogP contribution in [-0.4, -0.2) is 30.1 Å². The topological polar surface area (TPSA) is 93.1 Å². The fraction of sp³-hybridized carbons (Fsp3) is 0.238. The van der Waals surface area contributed by atoms with E-state index in [1.54, 1.807) is 20.8 Å². The molecule has 3 aromatic rings. The predicted octanol–water partition coefficient (Wildman–Crippen LogP) is 4.14. The number of hydrogen-bond donors (Lipinski definition) is 2. The van der Waals surface area contributed by atoms with Gasteiger partial charge < -0.3 is 5.32 Å². The highest BCUT2D eigenvalue weighted by atomic mass is 32.2. The van der Waals surface area contributed by atoms with Crippen LogP contribution >= 0.6 is 0 Å². The summed E-state index contributed by atoms with van der Waals surface area (Å²) in [6.45, 7) is 4.90. The van der Waals surface area contributed by atoms with E-state index in [4.69, 9.17) is 0 Å². The minimum Gasteiger partial charge on any atom is -0.306 e. The van der Waals surface area contributed by atoms with Crippen LogP contribution in [0.4, 0.5) is 19.0 Å². The largest absolute Gasteiger partial charge is 0.418 e. The number of alkyl halides is 3. The van der Waals surface area contributed by atoms with Gasteiger partial charge in [-0.15, -0.1) is 0 Å². The lowest BCUT2D eigenvalue weighted by molar-refractivity contribution is -0.137. The van der Waals surface area contributed by atoms with Gasteiger partial charge in [-0.05, 0) is 51.1 Å². The second-order valence-electron chi connectivity index (χ2n) is 7.36. The van der Waals surface area contributed by atoms with E-state index in [1.165, 1.54) is 48.5 Å². The van der Waals surface area contributed by atoms with Gasteiger partial charge in [-0.1, -0.05) is 18.2 Å². The first-order valence-electron chi connectivity index (χ1n) is 9.55. The number of aryl methyl sites for hydroxylation is 1. The van der Waals surface area contributed by atoms with Crippen LogP contribution in [0.3, 0.4) is 0 Å². The summed E-state index contributed by atoms with van der Waals surface area (Å²) in [5, 5.41) is 6.61. The van der Waals surface area contributed by atoms with Crippen molar-refractivity contribution in [3.8, 4) is 5.69 Å². The number of aromatic nitrogens is 2. The van der Waals surface area contributed by atoms with Gasteiger partial charge in [0.25, 0.3) is 5.91 Å². The molecule has 1 aromatic heterocycles. The number of sulfonamides is 1. The first-order valence-corrected chi connectivity index (χ1v) is 11.0. The van der Waals surface area contributed by atoms with Crippen molar-refractivity contribution in [1.29, 1.82) is 0 Å². The van der Waals surface area contributed by atoms with Crippen LogP contribution in [0, 0.1) is 6.92 Å². The molecule has 0 aliphatic heterocycles. The van der Waals surface area contributed by atoms with Gasteiger partial charge in [0, 0.05) is 17.7 Å². The van der Waals surface area contributed by atoms with E-state index >= 15 is 0 Å². The number of benzene rings is 2. The minimum atomic E-state index is -4.62. The number of nitrogens with zero attached hydrogens (tertiary/aromatic N) is 2. The lowest BCUT2D eigenvalue weighted by Gasteiger charge is -2.15. The summed E-state index contributed by atoms with van der Waals surface area (Å²) in [7, 11) is -3.83. The molecule has 0 saturated heterocycles. The highest BCUT2D eigenvalue weighted by Crippen LogP contribution is 2.34. The summed E-state index contributed by atoms with van der Waals surface area (Å²) in [5.74, 6) is -0.685. The molecule has 170 valence electrons. The van der Waals surface area contributed by atoms with Crippen LogP contribution in [0.2, 0.25) is 0 Å². The maximum Gasteiger partial charge on any atom is 0.418 e. The molecule has 1 heterocycles. The zero-order valence-corrected chi connectivity index (χ0v) is 18.3. The number of carbonyl (C=O) groups is 1. The van der Waals surface area contributed by atoms with E-state index in [9.17, 15) is 26.4 Å². The number of carbonyl (C=O) groups excluding carboxylic acids is 1.